The van der Waals surface area contributed by atoms with Crippen LogP contribution in [0.15, 0.2) is 59.6 Å². The van der Waals surface area contributed by atoms with Gasteiger partial charge in [0.1, 0.15) is 6.04 Å². The number of amides is 1. The fourth-order valence-electron chi connectivity index (χ4n) is 3.05. The zero-order valence-corrected chi connectivity index (χ0v) is 16.9. The van der Waals surface area contributed by atoms with Gasteiger partial charge in [0.25, 0.3) is 5.91 Å². The molecule has 0 bridgehead atoms. The number of nitrogens with zero attached hydrogens (tertiary/aromatic N) is 6. The van der Waals surface area contributed by atoms with Gasteiger partial charge in [-0.15, -0.1) is 0 Å². The van der Waals surface area contributed by atoms with Crippen molar-refractivity contribution >= 4 is 5.91 Å². The van der Waals surface area contributed by atoms with E-state index in [1.165, 1.54) is 6.20 Å². The zero-order valence-electron chi connectivity index (χ0n) is 16.9. The van der Waals surface area contributed by atoms with Crippen molar-refractivity contribution in [1.29, 1.82) is 0 Å². The topological polar surface area (TPSA) is 112 Å². The number of hydrogen-bond acceptors (Lipinski definition) is 7. The minimum atomic E-state index is -0.451. The summed E-state index contributed by atoms with van der Waals surface area (Å²) in [4.78, 5) is 25.8. The summed E-state index contributed by atoms with van der Waals surface area (Å²) < 4.78 is 7.08. The molecule has 0 aliphatic carbocycles. The number of nitrogens with one attached hydrogen (secondary N) is 1. The number of aromatic nitrogens is 6. The molecular weight excluding hydrogens is 382 g/mol. The first-order valence-electron chi connectivity index (χ1n) is 9.55. The molecule has 0 fully saturated rings. The van der Waals surface area contributed by atoms with Crippen molar-refractivity contribution in [3.05, 3.63) is 72.3 Å². The highest BCUT2D eigenvalue weighted by Crippen LogP contribution is 2.24. The van der Waals surface area contributed by atoms with E-state index in [1.54, 1.807) is 29.3 Å². The van der Waals surface area contributed by atoms with Crippen molar-refractivity contribution < 1.29 is 9.32 Å². The third-order valence-electron chi connectivity index (χ3n) is 4.70. The van der Waals surface area contributed by atoms with Crippen molar-refractivity contribution in [3.63, 3.8) is 0 Å². The summed E-state index contributed by atoms with van der Waals surface area (Å²) in [5.74, 6) is 1.17. The van der Waals surface area contributed by atoms with Crippen LogP contribution in [0.1, 0.15) is 41.8 Å². The molecule has 4 heterocycles. The van der Waals surface area contributed by atoms with Gasteiger partial charge in [-0.3, -0.25) is 9.78 Å². The summed E-state index contributed by atoms with van der Waals surface area (Å²) in [7, 11) is 0. The maximum absolute atomic E-state index is 13.0. The van der Waals surface area contributed by atoms with Gasteiger partial charge < -0.3 is 9.84 Å². The molecule has 4 rings (SSSR count). The zero-order chi connectivity index (χ0) is 21.1. The Balaban J connectivity index is 1.57. The Labute approximate surface area is 173 Å². The molecule has 1 unspecified atom stereocenters. The van der Waals surface area contributed by atoms with Crippen LogP contribution in [0.2, 0.25) is 0 Å². The van der Waals surface area contributed by atoms with Gasteiger partial charge in [0.05, 0.1) is 17.5 Å². The number of pyridine rings is 2. The van der Waals surface area contributed by atoms with Gasteiger partial charge >= 0.3 is 0 Å². The molecule has 0 aliphatic rings. The highest BCUT2D eigenvalue weighted by Gasteiger charge is 2.27. The molecule has 4 aromatic heterocycles. The third kappa shape index (κ3) is 3.82. The van der Waals surface area contributed by atoms with E-state index in [0.717, 1.165) is 5.56 Å². The first kappa shape index (κ1) is 19.4. The molecule has 4 aromatic rings. The normalized spacial score (nSPS) is 12.1. The van der Waals surface area contributed by atoms with Crippen LogP contribution >= 0.6 is 0 Å². The molecule has 0 saturated carbocycles. The van der Waals surface area contributed by atoms with E-state index in [9.17, 15) is 4.79 Å². The lowest BCUT2D eigenvalue weighted by atomic mass is 10.0. The van der Waals surface area contributed by atoms with Crippen molar-refractivity contribution in [3.8, 4) is 17.2 Å². The van der Waals surface area contributed by atoms with E-state index < -0.39 is 6.04 Å². The third-order valence-corrected chi connectivity index (χ3v) is 4.70. The van der Waals surface area contributed by atoms with E-state index >= 15 is 0 Å². The van der Waals surface area contributed by atoms with Crippen LogP contribution in [0.4, 0.5) is 0 Å². The SMILES string of the molecule is Cc1c(C(=O)NC(c2nc(-c3cccnc3)no2)C(C)C)cnn1-c1ccccn1. The maximum atomic E-state index is 13.0. The van der Waals surface area contributed by atoms with E-state index in [-0.39, 0.29) is 11.8 Å². The molecule has 0 spiro atoms. The summed E-state index contributed by atoms with van der Waals surface area (Å²) in [6.45, 7) is 5.78. The molecule has 0 aliphatic heterocycles. The van der Waals surface area contributed by atoms with Crippen LogP contribution in [0.5, 0.6) is 0 Å². The maximum Gasteiger partial charge on any atom is 0.255 e. The molecular formula is C21H21N7O2. The quantitative estimate of drug-likeness (QED) is 0.526. The van der Waals surface area contributed by atoms with Crippen LogP contribution in [-0.2, 0) is 0 Å². The number of carbonyl (C=O) groups is 1. The minimum Gasteiger partial charge on any atom is -0.340 e. The monoisotopic (exact) mass is 403 g/mol. The average molecular weight is 403 g/mol. The second-order valence-corrected chi connectivity index (χ2v) is 7.14. The first-order chi connectivity index (χ1) is 14.5. The van der Waals surface area contributed by atoms with Crippen molar-refractivity contribution in [2.45, 2.75) is 26.8 Å². The number of carbonyl (C=O) groups excluding carboxylic acids is 1. The second-order valence-electron chi connectivity index (χ2n) is 7.14. The Bertz CT molecular complexity index is 1140. The van der Waals surface area contributed by atoms with Crippen LogP contribution < -0.4 is 5.32 Å². The van der Waals surface area contributed by atoms with E-state index in [1.807, 2.05) is 45.0 Å². The first-order valence-corrected chi connectivity index (χ1v) is 9.55. The largest absolute Gasteiger partial charge is 0.340 e. The summed E-state index contributed by atoms with van der Waals surface area (Å²) in [5, 5.41) is 11.3. The standard InChI is InChI=1S/C21H21N7O2/c1-13(2)18(21-26-19(27-30-21)15-7-6-9-22-11-15)25-20(29)16-12-24-28(14(16)3)17-8-4-5-10-23-17/h4-13,18H,1-3H3,(H,25,29). The molecule has 152 valence electrons. The van der Waals surface area contributed by atoms with Gasteiger partial charge in [-0.2, -0.15) is 10.1 Å². The Morgan fingerprint density at radius 3 is 2.70 bits per heavy atom. The highest BCUT2D eigenvalue weighted by atomic mass is 16.5. The second kappa shape index (κ2) is 8.24. The van der Waals surface area contributed by atoms with Gasteiger partial charge in [-0.25, -0.2) is 9.67 Å². The van der Waals surface area contributed by atoms with Crippen molar-refractivity contribution in [1.82, 2.24) is 35.2 Å². The van der Waals surface area contributed by atoms with Gasteiger partial charge in [0.15, 0.2) is 5.82 Å². The lowest BCUT2D eigenvalue weighted by molar-refractivity contribution is 0.0913. The van der Waals surface area contributed by atoms with E-state index in [4.69, 9.17) is 4.52 Å². The van der Waals surface area contributed by atoms with Gasteiger partial charge in [-0.05, 0) is 37.1 Å². The molecule has 0 aromatic carbocycles. The summed E-state index contributed by atoms with van der Waals surface area (Å²) in [5.41, 5.74) is 1.89. The highest BCUT2D eigenvalue weighted by molar-refractivity contribution is 5.95. The van der Waals surface area contributed by atoms with Crippen LogP contribution in [-0.4, -0.2) is 35.8 Å². The van der Waals surface area contributed by atoms with E-state index in [2.05, 4.69) is 30.5 Å². The average Bonchev–Trinajstić information content (AvgIpc) is 3.40. The van der Waals surface area contributed by atoms with Crippen molar-refractivity contribution in [2.24, 2.45) is 5.92 Å². The van der Waals surface area contributed by atoms with Crippen LogP contribution in [0.3, 0.4) is 0 Å². The molecule has 0 radical (unpaired) electrons. The minimum absolute atomic E-state index is 0.0299. The molecule has 9 nitrogen and oxygen atoms in total. The smallest absolute Gasteiger partial charge is 0.255 e. The molecule has 1 amide bonds. The Kier molecular flexibility index (Phi) is 5.34. The lowest BCUT2D eigenvalue weighted by Gasteiger charge is -2.18. The lowest BCUT2D eigenvalue weighted by Crippen LogP contribution is -2.32. The predicted molar refractivity (Wildman–Crippen MR) is 109 cm³/mol. The molecule has 30 heavy (non-hydrogen) atoms. The molecule has 1 atom stereocenters. The fourth-order valence-corrected chi connectivity index (χ4v) is 3.05. The number of hydrogen-bond donors (Lipinski definition) is 1. The summed E-state index contributed by atoms with van der Waals surface area (Å²) >= 11 is 0. The molecule has 1 N–H and O–H groups in total. The van der Waals surface area contributed by atoms with Gasteiger partial charge in [-0.1, -0.05) is 25.1 Å². The Morgan fingerprint density at radius 1 is 1.13 bits per heavy atom. The fraction of sp³-hybridized carbons (Fsp3) is 0.238. The van der Waals surface area contributed by atoms with Crippen LogP contribution in [0, 0.1) is 12.8 Å². The Hall–Kier alpha value is -3.88. The predicted octanol–water partition coefficient (Wildman–Crippen LogP) is 3.15. The molecule has 9 heteroatoms. The molecule has 0 saturated heterocycles. The van der Waals surface area contributed by atoms with Crippen molar-refractivity contribution in [2.75, 3.05) is 0 Å². The van der Waals surface area contributed by atoms with Gasteiger partial charge in [0.2, 0.25) is 11.7 Å². The summed E-state index contributed by atoms with van der Waals surface area (Å²) in [6, 6.07) is 8.72. The van der Waals surface area contributed by atoms with E-state index in [0.29, 0.717) is 28.8 Å². The Morgan fingerprint density at radius 2 is 2.00 bits per heavy atom. The summed E-state index contributed by atoms with van der Waals surface area (Å²) in [6.07, 6.45) is 6.55. The van der Waals surface area contributed by atoms with Crippen LogP contribution in [0.25, 0.3) is 17.2 Å². The number of rotatable bonds is 6. The van der Waals surface area contributed by atoms with Gasteiger partial charge in [0, 0.05) is 24.2 Å².